The molecule has 1 N–H and O–H groups in total. The van der Waals surface area contributed by atoms with Crippen LogP contribution in [0.4, 0.5) is 5.69 Å². The summed E-state index contributed by atoms with van der Waals surface area (Å²) in [6.07, 6.45) is 2.15. The number of phenols is 1. The van der Waals surface area contributed by atoms with Gasteiger partial charge in [0, 0.05) is 30.1 Å². The van der Waals surface area contributed by atoms with Crippen molar-refractivity contribution < 1.29 is 14.7 Å². The number of benzene rings is 3. The maximum absolute atomic E-state index is 13.2. The molecule has 0 unspecified atom stereocenters. The van der Waals surface area contributed by atoms with Gasteiger partial charge in [0.15, 0.2) is 0 Å². The van der Waals surface area contributed by atoms with Crippen LogP contribution >= 0.6 is 0 Å². The van der Waals surface area contributed by atoms with Gasteiger partial charge in [0.25, 0.3) is 0 Å². The molecular formula is C25H20N2O3. The third-order valence-electron chi connectivity index (χ3n) is 5.65. The van der Waals surface area contributed by atoms with Gasteiger partial charge in [0.2, 0.25) is 11.8 Å². The Hall–Kier alpha value is -3.86. The smallest absolute Gasteiger partial charge is 0.241 e. The van der Waals surface area contributed by atoms with Crippen molar-refractivity contribution in [2.45, 2.75) is 18.9 Å². The van der Waals surface area contributed by atoms with Gasteiger partial charge in [-0.15, -0.1) is 0 Å². The van der Waals surface area contributed by atoms with E-state index in [1.165, 1.54) is 22.6 Å². The molecule has 5 rings (SSSR count). The van der Waals surface area contributed by atoms with Crippen LogP contribution in [-0.2, 0) is 16.1 Å². The van der Waals surface area contributed by atoms with Crippen LogP contribution in [-0.4, -0.2) is 21.5 Å². The van der Waals surface area contributed by atoms with Gasteiger partial charge in [-0.3, -0.25) is 14.5 Å². The van der Waals surface area contributed by atoms with Crippen molar-refractivity contribution in [2.24, 2.45) is 0 Å². The number of rotatable bonds is 4. The van der Waals surface area contributed by atoms with Crippen molar-refractivity contribution in [3.63, 3.8) is 0 Å². The first-order valence-electron chi connectivity index (χ1n) is 9.89. The highest BCUT2D eigenvalue weighted by atomic mass is 16.3. The van der Waals surface area contributed by atoms with Gasteiger partial charge >= 0.3 is 0 Å². The SMILES string of the molecule is O=C1C[C@@H](c2cn(Cc3ccccc3)c3ccccc23)C(=O)N1c1ccc(O)cc1. The Morgan fingerprint density at radius 3 is 2.33 bits per heavy atom. The molecule has 5 nitrogen and oxygen atoms in total. The van der Waals surface area contributed by atoms with Crippen LogP contribution < -0.4 is 4.90 Å². The number of fused-ring (bicyclic) bond motifs is 1. The molecule has 0 aliphatic carbocycles. The average Bonchev–Trinajstić information content (AvgIpc) is 3.26. The van der Waals surface area contributed by atoms with E-state index in [9.17, 15) is 14.7 Å². The molecule has 1 fully saturated rings. The van der Waals surface area contributed by atoms with E-state index in [2.05, 4.69) is 16.7 Å². The van der Waals surface area contributed by atoms with E-state index in [1.54, 1.807) is 12.1 Å². The van der Waals surface area contributed by atoms with E-state index in [0.29, 0.717) is 12.2 Å². The first-order valence-corrected chi connectivity index (χ1v) is 9.89. The second-order valence-corrected chi connectivity index (χ2v) is 7.56. The van der Waals surface area contributed by atoms with Crippen molar-refractivity contribution in [1.29, 1.82) is 0 Å². The number of para-hydroxylation sites is 1. The molecule has 2 heterocycles. The Bertz CT molecular complexity index is 1240. The molecule has 0 bridgehead atoms. The van der Waals surface area contributed by atoms with E-state index >= 15 is 0 Å². The molecule has 1 aromatic heterocycles. The number of aromatic nitrogens is 1. The summed E-state index contributed by atoms with van der Waals surface area (Å²) in [7, 11) is 0. The molecule has 148 valence electrons. The summed E-state index contributed by atoms with van der Waals surface area (Å²) in [5, 5.41) is 10.5. The number of phenolic OH excluding ortho intramolecular Hbond substituents is 1. The monoisotopic (exact) mass is 396 g/mol. The quantitative estimate of drug-likeness (QED) is 0.519. The van der Waals surface area contributed by atoms with Gasteiger partial charge in [-0.05, 0) is 41.5 Å². The maximum Gasteiger partial charge on any atom is 0.241 e. The lowest BCUT2D eigenvalue weighted by atomic mass is 9.97. The largest absolute Gasteiger partial charge is 0.508 e. The van der Waals surface area contributed by atoms with E-state index in [-0.39, 0.29) is 24.0 Å². The Morgan fingerprint density at radius 1 is 0.867 bits per heavy atom. The summed E-state index contributed by atoms with van der Waals surface area (Å²) in [6.45, 7) is 0.692. The lowest BCUT2D eigenvalue weighted by Crippen LogP contribution is -2.29. The highest BCUT2D eigenvalue weighted by Crippen LogP contribution is 2.37. The highest BCUT2D eigenvalue weighted by molar-refractivity contribution is 6.23. The molecule has 3 aromatic carbocycles. The average molecular weight is 396 g/mol. The Balaban J connectivity index is 1.54. The molecule has 1 atom stereocenters. The van der Waals surface area contributed by atoms with Gasteiger partial charge in [-0.25, -0.2) is 0 Å². The zero-order valence-corrected chi connectivity index (χ0v) is 16.2. The van der Waals surface area contributed by atoms with Gasteiger partial charge in [0.05, 0.1) is 11.6 Å². The Labute approximate surface area is 173 Å². The van der Waals surface area contributed by atoms with Crippen LogP contribution in [0.3, 0.4) is 0 Å². The lowest BCUT2D eigenvalue weighted by Gasteiger charge is -2.15. The molecule has 0 spiro atoms. The van der Waals surface area contributed by atoms with Crippen LogP contribution in [0.1, 0.15) is 23.5 Å². The number of aromatic hydroxyl groups is 1. The Kier molecular flexibility index (Phi) is 4.36. The summed E-state index contributed by atoms with van der Waals surface area (Å²) in [4.78, 5) is 27.2. The fourth-order valence-electron chi connectivity index (χ4n) is 4.21. The minimum atomic E-state index is -0.520. The number of anilines is 1. The van der Waals surface area contributed by atoms with Crippen molar-refractivity contribution in [1.82, 2.24) is 4.57 Å². The minimum Gasteiger partial charge on any atom is -0.508 e. The maximum atomic E-state index is 13.2. The van der Waals surface area contributed by atoms with E-state index in [4.69, 9.17) is 0 Å². The molecular weight excluding hydrogens is 376 g/mol. The van der Waals surface area contributed by atoms with Crippen molar-refractivity contribution in [3.8, 4) is 5.75 Å². The fourth-order valence-corrected chi connectivity index (χ4v) is 4.21. The third kappa shape index (κ3) is 3.05. The first kappa shape index (κ1) is 18.2. The molecule has 1 aliphatic rings. The summed E-state index contributed by atoms with van der Waals surface area (Å²) in [5.41, 5.74) is 3.57. The summed E-state index contributed by atoms with van der Waals surface area (Å²) in [5.74, 6) is -0.879. The molecule has 1 saturated heterocycles. The van der Waals surface area contributed by atoms with Crippen molar-refractivity contribution >= 4 is 28.4 Å². The molecule has 1 aliphatic heterocycles. The van der Waals surface area contributed by atoms with Crippen molar-refractivity contribution in [3.05, 3.63) is 96.2 Å². The zero-order valence-electron chi connectivity index (χ0n) is 16.2. The molecule has 30 heavy (non-hydrogen) atoms. The molecule has 0 radical (unpaired) electrons. The van der Waals surface area contributed by atoms with Gasteiger partial charge in [0.1, 0.15) is 5.75 Å². The number of hydrogen-bond donors (Lipinski definition) is 1. The van der Waals surface area contributed by atoms with Crippen LogP contribution in [0, 0.1) is 0 Å². The number of amides is 2. The summed E-state index contributed by atoms with van der Waals surface area (Å²) < 4.78 is 2.14. The van der Waals surface area contributed by atoms with E-state index in [0.717, 1.165) is 16.5 Å². The summed E-state index contributed by atoms with van der Waals surface area (Å²) in [6, 6.07) is 24.3. The molecule has 4 aromatic rings. The van der Waals surface area contributed by atoms with Gasteiger partial charge in [-0.2, -0.15) is 0 Å². The van der Waals surface area contributed by atoms with E-state index < -0.39 is 5.92 Å². The first-order chi connectivity index (χ1) is 14.6. The summed E-state index contributed by atoms with van der Waals surface area (Å²) >= 11 is 0. The standard InChI is InChI=1S/C25H20N2O3/c28-19-12-10-18(11-13-19)27-24(29)14-21(25(27)30)22-16-26(15-17-6-2-1-3-7-17)23-9-5-4-8-20(22)23/h1-13,16,21,28H,14-15H2/t21-/m0/s1. The zero-order chi connectivity index (χ0) is 20.7. The number of carbonyl (C=O) groups is 2. The van der Waals surface area contributed by atoms with Crippen LogP contribution in [0.15, 0.2) is 85.1 Å². The molecule has 5 heteroatoms. The molecule has 0 saturated carbocycles. The third-order valence-corrected chi connectivity index (χ3v) is 5.65. The topological polar surface area (TPSA) is 62.5 Å². The number of nitrogens with zero attached hydrogens (tertiary/aromatic N) is 2. The fraction of sp³-hybridized carbons (Fsp3) is 0.120. The normalized spacial score (nSPS) is 16.5. The number of hydrogen-bond acceptors (Lipinski definition) is 3. The van der Waals surface area contributed by atoms with E-state index in [1.807, 2.05) is 48.7 Å². The second-order valence-electron chi connectivity index (χ2n) is 7.56. The number of carbonyl (C=O) groups excluding carboxylic acids is 2. The van der Waals surface area contributed by atoms with Gasteiger partial charge in [-0.1, -0.05) is 48.5 Å². The van der Waals surface area contributed by atoms with Crippen LogP contribution in [0.5, 0.6) is 5.75 Å². The second kappa shape index (κ2) is 7.19. The Morgan fingerprint density at radius 2 is 1.57 bits per heavy atom. The van der Waals surface area contributed by atoms with Crippen LogP contribution in [0.2, 0.25) is 0 Å². The minimum absolute atomic E-state index is 0.0957. The lowest BCUT2D eigenvalue weighted by molar-refractivity contribution is -0.121. The predicted octanol–water partition coefficient (Wildman–Crippen LogP) is 4.44. The number of imide groups is 1. The van der Waals surface area contributed by atoms with Gasteiger partial charge < -0.3 is 9.67 Å². The highest BCUT2D eigenvalue weighted by Gasteiger charge is 2.41. The van der Waals surface area contributed by atoms with Crippen molar-refractivity contribution in [2.75, 3.05) is 4.90 Å². The molecule has 2 amide bonds. The predicted molar refractivity (Wildman–Crippen MR) is 115 cm³/mol. The van der Waals surface area contributed by atoms with Crippen LogP contribution in [0.25, 0.3) is 10.9 Å².